The highest BCUT2D eigenvalue weighted by Gasteiger charge is 2.18. The van der Waals surface area contributed by atoms with Crippen molar-refractivity contribution in [3.63, 3.8) is 0 Å². The Morgan fingerprint density at radius 3 is 2.65 bits per heavy atom. The predicted octanol–water partition coefficient (Wildman–Crippen LogP) is 3.29. The Balaban J connectivity index is 1.85. The van der Waals surface area contributed by atoms with Crippen LogP contribution < -0.4 is 10.6 Å². The number of nitrogens with zero attached hydrogens (tertiary/aromatic N) is 1. The molecule has 23 heavy (non-hydrogen) atoms. The van der Waals surface area contributed by atoms with Gasteiger partial charge in [-0.15, -0.1) is 0 Å². The highest BCUT2D eigenvalue weighted by atomic mass is 16.6. The van der Waals surface area contributed by atoms with E-state index in [0.717, 1.165) is 25.2 Å². The fourth-order valence-electron chi connectivity index (χ4n) is 3.04. The summed E-state index contributed by atoms with van der Waals surface area (Å²) in [4.78, 5) is 11.9. The Morgan fingerprint density at radius 2 is 2.00 bits per heavy atom. The molecule has 0 saturated heterocycles. The lowest BCUT2D eigenvalue weighted by atomic mass is 10.1. The zero-order valence-corrected chi connectivity index (χ0v) is 14.3. The molecular weight excluding hydrogens is 290 g/mol. The monoisotopic (exact) mass is 315 g/mol. The molecule has 124 valence electrons. The zero-order chi connectivity index (χ0) is 16.6. The topological polar surface area (TPSA) is 55.3 Å². The van der Waals surface area contributed by atoms with Crippen LogP contribution in [0, 0.1) is 0 Å². The van der Waals surface area contributed by atoms with E-state index in [9.17, 15) is 4.79 Å². The Labute approximate surface area is 137 Å². The SMILES string of the molecule is CCn1cc(CNC(=O)OC(C)(C)C)c2cc3c(cc21)CNC3. The largest absolute Gasteiger partial charge is 0.444 e. The van der Waals surface area contributed by atoms with E-state index in [1.807, 2.05) is 20.8 Å². The van der Waals surface area contributed by atoms with E-state index >= 15 is 0 Å². The number of fused-ring (bicyclic) bond motifs is 2. The summed E-state index contributed by atoms with van der Waals surface area (Å²) in [7, 11) is 0. The van der Waals surface area contributed by atoms with Gasteiger partial charge in [0.2, 0.25) is 0 Å². The highest BCUT2D eigenvalue weighted by Crippen LogP contribution is 2.28. The van der Waals surface area contributed by atoms with Gasteiger partial charge < -0.3 is 19.9 Å². The van der Waals surface area contributed by atoms with E-state index in [2.05, 4.69) is 40.5 Å². The molecule has 0 aliphatic carbocycles. The second-order valence-corrected chi connectivity index (χ2v) is 7.04. The van der Waals surface area contributed by atoms with Gasteiger partial charge >= 0.3 is 6.09 Å². The lowest BCUT2D eigenvalue weighted by Gasteiger charge is -2.19. The summed E-state index contributed by atoms with van der Waals surface area (Å²) in [5.41, 5.74) is 4.61. The van der Waals surface area contributed by atoms with Crippen molar-refractivity contribution in [2.75, 3.05) is 0 Å². The molecule has 1 aliphatic heterocycles. The number of rotatable bonds is 3. The molecule has 1 amide bonds. The maximum absolute atomic E-state index is 11.9. The minimum atomic E-state index is -0.478. The maximum Gasteiger partial charge on any atom is 0.407 e. The van der Waals surface area contributed by atoms with Crippen LogP contribution in [-0.2, 0) is 30.9 Å². The molecule has 0 unspecified atom stereocenters. The zero-order valence-electron chi connectivity index (χ0n) is 14.3. The fraction of sp³-hybridized carbons (Fsp3) is 0.500. The number of nitrogens with one attached hydrogen (secondary N) is 2. The van der Waals surface area contributed by atoms with Gasteiger partial charge in [-0.05, 0) is 56.5 Å². The number of aromatic nitrogens is 1. The van der Waals surface area contributed by atoms with Crippen molar-refractivity contribution >= 4 is 17.0 Å². The molecule has 2 aromatic rings. The number of benzene rings is 1. The fourth-order valence-corrected chi connectivity index (χ4v) is 3.04. The summed E-state index contributed by atoms with van der Waals surface area (Å²) in [5.74, 6) is 0. The first-order chi connectivity index (χ1) is 10.9. The van der Waals surface area contributed by atoms with Crippen LogP contribution in [0.25, 0.3) is 10.9 Å². The van der Waals surface area contributed by atoms with E-state index in [4.69, 9.17) is 4.74 Å². The number of ether oxygens (including phenoxy) is 1. The Bertz CT molecular complexity index is 741. The van der Waals surface area contributed by atoms with E-state index in [0.29, 0.717) is 6.54 Å². The van der Waals surface area contributed by atoms with Crippen LogP contribution in [0.1, 0.15) is 44.4 Å². The van der Waals surface area contributed by atoms with Gasteiger partial charge in [0.25, 0.3) is 0 Å². The molecule has 1 aromatic carbocycles. The van der Waals surface area contributed by atoms with Gasteiger partial charge in [0.1, 0.15) is 5.60 Å². The molecule has 3 rings (SSSR count). The van der Waals surface area contributed by atoms with Gasteiger partial charge in [-0.1, -0.05) is 0 Å². The van der Waals surface area contributed by atoms with E-state index in [1.165, 1.54) is 22.0 Å². The van der Waals surface area contributed by atoms with Gasteiger partial charge in [0, 0.05) is 43.3 Å². The number of hydrogen-bond acceptors (Lipinski definition) is 3. The number of hydrogen-bond donors (Lipinski definition) is 2. The summed E-state index contributed by atoms with van der Waals surface area (Å²) in [5, 5.41) is 7.46. The van der Waals surface area contributed by atoms with Crippen LogP contribution in [0.15, 0.2) is 18.3 Å². The smallest absolute Gasteiger partial charge is 0.407 e. The van der Waals surface area contributed by atoms with Crippen LogP contribution >= 0.6 is 0 Å². The van der Waals surface area contributed by atoms with Crippen LogP contribution in [-0.4, -0.2) is 16.3 Å². The van der Waals surface area contributed by atoms with Crippen LogP contribution in [0.3, 0.4) is 0 Å². The van der Waals surface area contributed by atoms with E-state index in [-0.39, 0.29) is 6.09 Å². The number of amides is 1. The molecule has 2 heterocycles. The Morgan fingerprint density at radius 1 is 1.30 bits per heavy atom. The number of carbonyl (C=O) groups is 1. The third-order valence-corrected chi connectivity index (χ3v) is 4.08. The summed E-state index contributed by atoms with van der Waals surface area (Å²) in [6.45, 7) is 11.0. The summed E-state index contributed by atoms with van der Waals surface area (Å²) >= 11 is 0. The number of carbonyl (C=O) groups excluding carboxylic acids is 1. The minimum absolute atomic E-state index is 0.377. The van der Waals surface area contributed by atoms with Crippen molar-refractivity contribution in [1.29, 1.82) is 0 Å². The van der Waals surface area contributed by atoms with Crippen LogP contribution in [0.2, 0.25) is 0 Å². The molecule has 1 aromatic heterocycles. The second kappa shape index (κ2) is 5.89. The lowest BCUT2D eigenvalue weighted by Crippen LogP contribution is -2.32. The van der Waals surface area contributed by atoms with Crippen molar-refractivity contribution in [3.05, 3.63) is 35.0 Å². The Kier molecular flexibility index (Phi) is 4.06. The average Bonchev–Trinajstić information content (AvgIpc) is 3.04. The molecule has 0 fully saturated rings. The van der Waals surface area contributed by atoms with Crippen molar-refractivity contribution in [2.24, 2.45) is 0 Å². The number of alkyl carbamates (subject to hydrolysis) is 1. The molecule has 5 heteroatoms. The first-order valence-electron chi connectivity index (χ1n) is 8.18. The van der Waals surface area contributed by atoms with Crippen LogP contribution in [0.5, 0.6) is 0 Å². The van der Waals surface area contributed by atoms with Gasteiger partial charge in [0.15, 0.2) is 0 Å². The second-order valence-electron chi connectivity index (χ2n) is 7.04. The normalized spacial score (nSPS) is 14.1. The van der Waals surface area contributed by atoms with Gasteiger partial charge in [0.05, 0.1) is 0 Å². The third-order valence-electron chi connectivity index (χ3n) is 4.08. The summed E-state index contributed by atoms with van der Waals surface area (Å²) in [6.07, 6.45) is 1.75. The van der Waals surface area contributed by atoms with Gasteiger partial charge in [-0.25, -0.2) is 4.79 Å². The van der Waals surface area contributed by atoms with Crippen molar-refractivity contribution in [1.82, 2.24) is 15.2 Å². The van der Waals surface area contributed by atoms with Gasteiger partial charge in [-0.2, -0.15) is 0 Å². The van der Waals surface area contributed by atoms with Crippen LogP contribution in [0.4, 0.5) is 4.79 Å². The third kappa shape index (κ3) is 3.34. The first-order valence-corrected chi connectivity index (χ1v) is 8.18. The molecule has 0 bridgehead atoms. The number of aryl methyl sites for hydroxylation is 1. The molecular formula is C18H25N3O2. The van der Waals surface area contributed by atoms with Crippen molar-refractivity contribution < 1.29 is 9.53 Å². The molecule has 0 spiro atoms. The maximum atomic E-state index is 11.9. The molecule has 2 N–H and O–H groups in total. The van der Waals surface area contributed by atoms with Gasteiger partial charge in [-0.3, -0.25) is 0 Å². The average molecular weight is 315 g/mol. The molecule has 0 saturated carbocycles. The molecule has 0 atom stereocenters. The van der Waals surface area contributed by atoms with Crippen molar-refractivity contribution in [3.8, 4) is 0 Å². The standard InChI is InChI=1S/C18H25N3O2/c1-5-21-11-14(10-20-17(22)23-18(2,3)4)15-6-12-8-19-9-13(12)7-16(15)21/h6-7,11,19H,5,8-10H2,1-4H3,(H,20,22). The Hall–Kier alpha value is -2.01. The summed E-state index contributed by atoms with van der Waals surface area (Å²) < 4.78 is 7.55. The predicted molar refractivity (Wildman–Crippen MR) is 91.2 cm³/mol. The first kappa shape index (κ1) is 15.9. The van der Waals surface area contributed by atoms with E-state index < -0.39 is 5.60 Å². The molecule has 5 nitrogen and oxygen atoms in total. The minimum Gasteiger partial charge on any atom is -0.444 e. The highest BCUT2D eigenvalue weighted by molar-refractivity contribution is 5.86. The summed E-state index contributed by atoms with van der Waals surface area (Å²) in [6, 6.07) is 4.52. The quantitative estimate of drug-likeness (QED) is 0.914. The van der Waals surface area contributed by atoms with E-state index in [1.54, 1.807) is 0 Å². The van der Waals surface area contributed by atoms with Crippen molar-refractivity contribution in [2.45, 2.75) is 59.5 Å². The lowest BCUT2D eigenvalue weighted by molar-refractivity contribution is 0.0524. The molecule has 1 aliphatic rings. The molecule has 0 radical (unpaired) electrons.